The van der Waals surface area contributed by atoms with Crippen molar-refractivity contribution in [1.29, 1.82) is 0 Å². The first kappa shape index (κ1) is 21.2. The Balaban J connectivity index is 1.71. The second-order valence-corrected chi connectivity index (χ2v) is 9.13. The third kappa shape index (κ3) is 4.72. The van der Waals surface area contributed by atoms with E-state index in [-0.39, 0.29) is 16.8 Å². The molecule has 29 heavy (non-hydrogen) atoms. The molecule has 1 amide bonds. The van der Waals surface area contributed by atoms with Gasteiger partial charge < -0.3 is 10.1 Å². The van der Waals surface area contributed by atoms with Gasteiger partial charge >= 0.3 is 0 Å². The van der Waals surface area contributed by atoms with Crippen molar-refractivity contribution >= 4 is 21.6 Å². The van der Waals surface area contributed by atoms with Gasteiger partial charge in [-0.25, -0.2) is 8.42 Å². The van der Waals surface area contributed by atoms with E-state index in [1.54, 1.807) is 24.3 Å². The lowest BCUT2D eigenvalue weighted by Crippen LogP contribution is -2.39. The number of benzene rings is 2. The minimum absolute atomic E-state index is 0.0505. The summed E-state index contributed by atoms with van der Waals surface area (Å²) in [5, 5.41) is 3.06. The highest BCUT2D eigenvalue weighted by atomic mass is 32.2. The molecule has 1 saturated carbocycles. The molecule has 2 N–H and O–H groups in total. The van der Waals surface area contributed by atoms with Gasteiger partial charge in [-0.05, 0) is 75.1 Å². The molecule has 156 valence electrons. The molecule has 6 nitrogen and oxygen atoms in total. The minimum Gasteiger partial charge on any atom is -0.494 e. The van der Waals surface area contributed by atoms with Gasteiger partial charge in [0.2, 0.25) is 5.91 Å². The van der Waals surface area contributed by atoms with E-state index >= 15 is 0 Å². The number of nitrogens with one attached hydrogen (secondary N) is 2. The van der Waals surface area contributed by atoms with E-state index in [0.29, 0.717) is 18.0 Å². The molecule has 0 bridgehead atoms. The molecule has 7 heteroatoms. The van der Waals surface area contributed by atoms with Gasteiger partial charge in [-0.1, -0.05) is 19.1 Å². The Labute approximate surface area is 172 Å². The average Bonchev–Trinajstić information content (AvgIpc) is 3.51. The third-order valence-corrected chi connectivity index (χ3v) is 6.71. The van der Waals surface area contributed by atoms with Crippen LogP contribution in [0.5, 0.6) is 5.75 Å². The summed E-state index contributed by atoms with van der Waals surface area (Å²) >= 11 is 0. The second kappa shape index (κ2) is 8.45. The molecule has 0 heterocycles. The Morgan fingerprint density at radius 2 is 1.69 bits per heavy atom. The number of ether oxygens (including phenoxy) is 1. The summed E-state index contributed by atoms with van der Waals surface area (Å²) < 4.78 is 33.2. The number of carbonyl (C=O) groups is 1. The topological polar surface area (TPSA) is 84.5 Å². The van der Waals surface area contributed by atoms with Crippen LogP contribution in [-0.4, -0.2) is 27.0 Å². The smallest absolute Gasteiger partial charge is 0.261 e. The third-order valence-electron chi connectivity index (χ3n) is 5.31. The molecule has 1 fully saturated rings. The Bertz CT molecular complexity index is 949. The van der Waals surface area contributed by atoms with Gasteiger partial charge in [-0.3, -0.25) is 9.52 Å². The molecule has 0 radical (unpaired) electrons. The molecule has 1 aliphatic carbocycles. The van der Waals surface area contributed by atoms with Crippen molar-refractivity contribution in [3.63, 3.8) is 0 Å². The van der Waals surface area contributed by atoms with Crippen LogP contribution in [0.4, 0.5) is 5.69 Å². The number of carbonyl (C=O) groups excluding carboxylic acids is 1. The molecule has 0 spiro atoms. The van der Waals surface area contributed by atoms with E-state index in [0.717, 1.165) is 24.8 Å². The summed E-state index contributed by atoms with van der Waals surface area (Å²) in [6.07, 6.45) is 2.51. The molecular formula is C22H28N2O4S. The van der Waals surface area contributed by atoms with E-state index < -0.39 is 15.4 Å². The van der Waals surface area contributed by atoms with Crippen molar-refractivity contribution in [3.05, 3.63) is 54.1 Å². The molecule has 2 aromatic rings. The molecule has 3 rings (SSSR count). The monoisotopic (exact) mass is 416 g/mol. The first-order chi connectivity index (χ1) is 13.8. The molecule has 0 saturated heterocycles. The van der Waals surface area contributed by atoms with Gasteiger partial charge in [0.05, 0.1) is 16.9 Å². The van der Waals surface area contributed by atoms with Gasteiger partial charge in [-0.2, -0.15) is 0 Å². The average molecular weight is 417 g/mol. The number of hydrogen-bond acceptors (Lipinski definition) is 4. The van der Waals surface area contributed by atoms with Gasteiger partial charge in [0.1, 0.15) is 5.75 Å². The highest BCUT2D eigenvalue weighted by Crippen LogP contribution is 2.48. The molecule has 0 unspecified atom stereocenters. The molecule has 0 aliphatic heterocycles. The molecule has 1 aliphatic rings. The van der Waals surface area contributed by atoms with Gasteiger partial charge in [0.25, 0.3) is 10.0 Å². The molecule has 2 aromatic carbocycles. The van der Waals surface area contributed by atoms with Crippen LogP contribution in [0.1, 0.15) is 45.6 Å². The largest absolute Gasteiger partial charge is 0.494 e. The molecular weight excluding hydrogens is 388 g/mol. The Hall–Kier alpha value is -2.54. The van der Waals surface area contributed by atoms with E-state index in [2.05, 4.69) is 10.0 Å². The Morgan fingerprint density at radius 3 is 2.21 bits per heavy atom. The van der Waals surface area contributed by atoms with Crippen LogP contribution in [-0.2, 0) is 20.2 Å². The zero-order valence-electron chi connectivity index (χ0n) is 17.1. The number of amides is 1. The maximum atomic E-state index is 12.6. The normalized spacial score (nSPS) is 16.0. The Morgan fingerprint density at radius 1 is 1.07 bits per heavy atom. The maximum absolute atomic E-state index is 12.6. The fourth-order valence-electron chi connectivity index (χ4n) is 3.19. The SMILES string of the molecule is CCOc1ccc(S(=O)(=O)Nc2ccc(C3(C(=O)N[C@@H](C)CC)CC3)cc2)cc1. The standard InChI is InChI=1S/C22H28N2O4S/c1-4-16(3)23-21(25)22(14-15-22)17-6-8-18(9-7-17)24-29(26,27)20-12-10-19(11-13-20)28-5-2/h6-13,16,24H,4-5,14-15H2,1-3H3,(H,23,25)/t16-/m0/s1. The zero-order valence-corrected chi connectivity index (χ0v) is 17.9. The fourth-order valence-corrected chi connectivity index (χ4v) is 4.25. The predicted octanol–water partition coefficient (Wildman–Crippen LogP) is 3.83. The van der Waals surface area contributed by atoms with Crippen LogP contribution < -0.4 is 14.8 Å². The van der Waals surface area contributed by atoms with Gasteiger partial charge in [-0.15, -0.1) is 0 Å². The van der Waals surface area contributed by atoms with Crippen molar-refractivity contribution < 1.29 is 17.9 Å². The lowest BCUT2D eigenvalue weighted by Gasteiger charge is -2.19. The van der Waals surface area contributed by atoms with Gasteiger partial charge in [0, 0.05) is 11.7 Å². The Kier molecular flexibility index (Phi) is 6.17. The van der Waals surface area contributed by atoms with Crippen molar-refractivity contribution in [3.8, 4) is 5.75 Å². The highest BCUT2D eigenvalue weighted by molar-refractivity contribution is 7.92. The number of sulfonamides is 1. The second-order valence-electron chi connectivity index (χ2n) is 7.45. The van der Waals surface area contributed by atoms with Crippen LogP contribution in [0.25, 0.3) is 0 Å². The van der Waals surface area contributed by atoms with Gasteiger partial charge in [0.15, 0.2) is 0 Å². The number of rotatable bonds is 9. The van der Waals surface area contributed by atoms with E-state index in [1.807, 2.05) is 32.9 Å². The van der Waals surface area contributed by atoms with Crippen LogP contribution in [0.3, 0.4) is 0 Å². The number of hydrogen-bond donors (Lipinski definition) is 2. The fraction of sp³-hybridized carbons (Fsp3) is 0.409. The quantitative estimate of drug-likeness (QED) is 0.651. The van der Waals surface area contributed by atoms with Crippen LogP contribution >= 0.6 is 0 Å². The molecule has 1 atom stereocenters. The summed E-state index contributed by atoms with van der Waals surface area (Å²) in [5.41, 5.74) is 0.902. The van der Waals surface area contributed by atoms with Crippen LogP contribution in [0, 0.1) is 0 Å². The lowest BCUT2D eigenvalue weighted by molar-refractivity contribution is -0.124. The number of anilines is 1. The summed E-state index contributed by atoms with van der Waals surface area (Å²) in [6, 6.07) is 13.5. The first-order valence-electron chi connectivity index (χ1n) is 9.98. The minimum atomic E-state index is -3.70. The lowest BCUT2D eigenvalue weighted by atomic mass is 9.94. The summed E-state index contributed by atoms with van der Waals surface area (Å²) in [4.78, 5) is 12.8. The van der Waals surface area contributed by atoms with Crippen molar-refractivity contribution in [2.45, 2.75) is 56.4 Å². The van der Waals surface area contributed by atoms with E-state index in [1.165, 1.54) is 12.1 Å². The summed E-state index contributed by atoms with van der Waals surface area (Å²) in [5.74, 6) is 0.677. The first-order valence-corrected chi connectivity index (χ1v) is 11.5. The van der Waals surface area contributed by atoms with Crippen molar-refractivity contribution in [2.24, 2.45) is 0 Å². The van der Waals surface area contributed by atoms with Crippen molar-refractivity contribution in [1.82, 2.24) is 5.32 Å². The van der Waals surface area contributed by atoms with E-state index in [9.17, 15) is 13.2 Å². The highest BCUT2D eigenvalue weighted by Gasteiger charge is 2.51. The molecule has 0 aromatic heterocycles. The predicted molar refractivity (Wildman–Crippen MR) is 114 cm³/mol. The summed E-state index contributed by atoms with van der Waals surface area (Å²) in [6.45, 7) is 6.42. The van der Waals surface area contributed by atoms with E-state index in [4.69, 9.17) is 4.74 Å². The van der Waals surface area contributed by atoms with Crippen LogP contribution in [0.15, 0.2) is 53.4 Å². The van der Waals surface area contributed by atoms with Crippen LogP contribution in [0.2, 0.25) is 0 Å². The summed E-state index contributed by atoms with van der Waals surface area (Å²) in [7, 11) is -3.70. The maximum Gasteiger partial charge on any atom is 0.261 e. The zero-order chi connectivity index (χ0) is 21.1. The van der Waals surface area contributed by atoms with Crippen molar-refractivity contribution in [2.75, 3.05) is 11.3 Å².